The number of aliphatic hydroxyl groups is 1. The molecule has 2 N–H and O–H groups in total. The second kappa shape index (κ2) is 3.75. The maximum atomic E-state index is 9.83. The Kier molecular flexibility index (Phi) is 3.13. The summed E-state index contributed by atoms with van der Waals surface area (Å²) in [6.45, 7) is 8.34. The average molecular weight is 171 g/mol. The first-order valence-corrected chi connectivity index (χ1v) is 4.95. The number of hydrogen-bond donors (Lipinski definition) is 2. The van der Waals surface area contributed by atoms with E-state index in [-0.39, 0.29) is 5.60 Å². The monoisotopic (exact) mass is 171 g/mol. The molecule has 0 saturated heterocycles. The lowest BCUT2D eigenvalue weighted by molar-refractivity contribution is -0.0653. The van der Waals surface area contributed by atoms with Gasteiger partial charge in [-0.1, -0.05) is 20.8 Å². The van der Waals surface area contributed by atoms with Crippen molar-refractivity contribution in [2.75, 3.05) is 13.1 Å². The Morgan fingerprint density at radius 3 is 2.50 bits per heavy atom. The fourth-order valence-electron chi connectivity index (χ4n) is 1.98. The topological polar surface area (TPSA) is 32.3 Å². The molecule has 0 spiro atoms. The molecule has 0 aromatic rings. The lowest BCUT2D eigenvalue weighted by Crippen LogP contribution is -2.50. The highest BCUT2D eigenvalue weighted by molar-refractivity contribution is 4.93. The van der Waals surface area contributed by atoms with Crippen molar-refractivity contribution in [2.24, 2.45) is 11.8 Å². The fourth-order valence-corrected chi connectivity index (χ4v) is 1.98. The lowest BCUT2D eigenvalue weighted by atomic mass is 9.72. The summed E-state index contributed by atoms with van der Waals surface area (Å²) in [7, 11) is 0. The third kappa shape index (κ3) is 2.76. The number of hydrogen-bond acceptors (Lipinski definition) is 2. The third-order valence-corrected chi connectivity index (χ3v) is 2.46. The molecule has 0 aromatic carbocycles. The fraction of sp³-hybridized carbons (Fsp3) is 1.00. The van der Waals surface area contributed by atoms with Gasteiger partial charge in [-0.05, 0) is 31.2 Å². The highest BCUT2D eigenvalue weighted by Gasteiger charge is 2.39. The highest BCUT2D eigenvalue weighted by Crippen LogP contribution is 2.36. The zero-order valence-electron chi connectivity index (χ0n) is 8.43. The van der Waals surface area contributed by atoms with Crippen LogP contribution in [-0.2, 0) is 0 Å². The van der Waals surface area contributed by atoms with Crippen LogP contribution in [0.3, 0.4) is 0 Å². The SMILES string of the molecule is CC(C)CNCC1(O)CC(C)C1. The van der Waals surface area contributed by atoms with Crippen molar-refractivity contribution in [1.82, 2.24) is 5.32 Å². The molecule has 72 valence electrons. The number of rotatable bonds is 4. The van der Waals surface area contributed by atoms with E-state index in [4.69, 9.17) is 0 Å². The molecule has 1 fully saturated rings. The summed E-state index contributed by atoms with van der Waals surface area (Å²) in [4.78, 5) is 0. The third-order valence-electron chi connectivity index (χ3n) is 2.46. The molecule has 0 amide bonds. The first kappa shape index (κ1) is 10.0. The second-order valence-electron chi connectivity index (χ2n) is 4.76. The molecule has 0 atom stereocenters. The van der Waals surface area contributed by atoms with Crippen molar-refractivity contribution in [3.63, 3.8) is 0 Å². The molecule has 0 aliphatic heterocycles. The van der Waals surface area contributed by atoms with E-state index in [9.17, 15) is 5.11 Å². The van der Waals surface area contributed by atoms with Crippen LogP contribution in [0.1, 0.15) is 33.6 Å². The van der Waals surface area contributed by atoms with E-state index < -0.39 is 0 Å². The quantitative estimate of drug-likeness (QED) is 0.670. The van der Waals surface area contributed by atoms with Crippen LogP contribution in [-0.4, -0.2) is 23.8 Å². The van der Waals surface area contributed by atoms with Crippen LogP contribution in [0.4, 0.5) is 0 Å². The smallest absolute Gasteiger partial charge is 0.0776 e. The van der Waals surface area contributed by atoms with E-state index in [1.165, 1.54) is 0 Å². The molecule has 1 aliphatic rings. The molecule has 0 unspecified atom stereocenters. The van der Waals surface area contributed by atoms with Crippen molar-refractivity contribution in [2.45, 2.75) is 39.2 Å². The van der Waals surface area contributed by atoms with Crippen molar-refractivity contribution in [1.29, 1.82) is 0 Å². The van der Waals surface area contributed by atoms with E-state index in [1.807, 2.05) is 0 Å². The summed E-state index contributed by atoms with van der Waals surface area (Å²) in [5, 5.41) is 13.1. The van der Waals surface area contributed by atoms with Crippen LogP contribution in [0.25, 0.3) is 0 Å². The van der Waals surface area contributed by atoms with Gasteiger partial charge < -0.3 is 10.4 Å². The minimum absolute atomic E-state index is 0.381. The van der Waals surface area contributed by atoms with Crippen LogP contribution in [0.2, 0.25) is 0 Å². The van der Waals surface area contributed by atoms with Crippen LogP contribution >= 0.6 is 0 Å². The zero-order valence-corrected chi connectivity index (χ0v) is 8.43. The number of nitrogens with one attached hydrogen (secondary N) is 1. The predicted molar refractivity (Wildman–Crippen MR) is 51.1 cm³/mol. The van der Waals surface area contributed by atoms with Crippen molar-refractivity contribution < 1.29 is 5.11 Å². The molecule has 12 heavy (non-hydrogen) atoms. The molecular weight excluding hydrogens is 150 g/mol. The molecule has 0 heterocycles. The minimum atomic E-state index is -0.381. The van der Waals surface area contributed by atoms with Crippen molar-refractivity contribution in [3.8, 4) is 0 Å². The maximum Gasteiger partial charge on any atom is 0.0776 e. The first-order valence-electron chi connectivity index (χ1n) is 4.95. The molecule has 0 bridgehead atoms. The van der Waals surface area contributed by atoms with Crippen LogP contribution in [0, 0.1) is 11.8 Å². The summed E-state index contributed by atoms with van der Waals surface area (Å²) in [5.74, 6) is 1.39. The average Bonchev–Trinajstić information content (AvgIpc) is 1.83. The summed E-state index contributed by atoms with van der Waals surface area (Å²) in [6, 6.07) is 0. The summed E-state index contributed by atoms with van der Waals surface area (Å²) in [5.41, 5.74) is -0.381. The molecule has 1 rings (SSSR count). The largest absolute Gasteiger partial charge is 0.389 e. The van der Waals surface area contributed by atoms with E-state index in [2.05, 4.69) is 26.1 Å². The van der Waals surface area contributed by atoms with E-state index in [1.54, 1.807) is 0 Å². The van der Waals surface area contributed by atoms with Gasteiger partial charge in [0.05, 0.1) is 5.60 Å². The minimum Gasteiger partial charge on any atom is -0.389 e. The van der Waals surface area contributed by atoms with Gasteiger partial charge in [-0.25, -0.2) is 0 Å². The summed E-state index contributed by atoms with van der Waals surface area (Å²) in [6.07, 6.45) is 1.94. The molecular formula is C10H21NO. The van der Waals surface area contributed by atoms with E-state index in [0.717, 1.165) is 31.8 Å². The zero-order chi connectivity index (χ0) is 9.19. The summed E-state index contributed by atoms with van der Waals surface area (Å²) < 4.78 is 0. The van der Waals surface area contributed by atoms with Crippen LogP contribution in [0.15, 0.2) is 0 Å². The van der Waals surface area contributed by atoms with Gasteiger partial charge in [0.15, 0.2) is 0 Å². The predicted octanol–water partition coefficient (Wildman–Crippen LogP) is 1.39. The van der Waals surface area contributed by atoms with Gasteiger partial charge in [0.25, 0.3) is 0 Å². The van der Waals surface area contributed by atoms with E-state index in [0.29, 0.717) is 5.92 Å². The Morgan fingerprint density at radius 1 is 1.50 bits per heavy atom. The maximum absolute atomic E-state index is 9.83. The highest BCUT2D eigenvalue weighted by atomic mass is 16.3. The Morgan fingerprint density at radius 2 is 2.08 bits per heavy atom. The normalized spacial score (nSPS) is 35.2. The van der Waals surface area contributed by atoms with Gasteiger partial charge in [0.2, 0.25) is 0 Å². The Labute approximate surface area is 75.4 Å². The van der Waals surface area contributed by atoms with Gasteiger partial charge in [0.1, 0.15) is 0 Å². The van der Waals surface area contributed by atoms with Crippen LogP contribution < -0.4 is 5.32 Å². The first-order chi connectivity index (χ1) is 5.52. The Bertz CT molecular complexity index is 139. The van der Waals surface area contributed by atoms with Crippen LogP contribution in [0.5, 0.6) is 0 Å². The lowest BCUT2D eigenvalue weighted by Gasteiger charge is -2.42. The van der Waals surface area contributed by atoms with Gasteiger partial charge in [-0.2, -0.15) is 0 Å². The van der Waals surface area contributed by atoms with Gasteiger partial charge in [-0.15, -0.1) is 0 Å². The molecule has 1 aliphatic carbocycles. The van der Waals surface area contributed by atoms with Gasteiger partial charge >= 0.3 is 0 Å². The second-order valence-corrected chi connectivity index (χ2v) is 4.76. The van der Waals surface area contributed by atoms with Gasteiger partial charge in [-0.3, -0.25) is 0 Å². The molecule has 0 aromatic heterocycles. The standard InChI is InChI=1S/C10H21NO/c1-8(2)6-11-7-10(12)4-9(3)5-10/h8-9,11-12H,4-7H2,1-3H3. The Hall–Kier alpha value is -0.0800. The Balaban J connectivity index is 2.07. The molecule has 2 nitrogen and oxygen atoms in total. The van der Waals surface area contributed by atoms with Crippen molar-refractivity contribution in [3.05, 3.63) is 0 Å². The van der Waals surface area contributed by atoms with Gasteiger partial charge in [0, 0.05) is 6.54 Å². The van der Waals surface area contributed by atoms with Crippen molar-refractivity contribution >= 4 is 0 Å². The summed E-state index contributed by atoms with van der Waals surface area (Å²) >= 11 is 0. The molecule has 1 saturated carbocycles. The molecule has 0 radical (unpaired) electrons. The van der Waals surface area contributed by atoms with E-state index >= 15 is 0 Å². The molecule has 2 heteroatoms.